The van der Waals surface area contributed by atoms with E-state index in [2.05, 4.69) is 5.32 Å². The lowest BCUT2D eigenvalue weighted by Gasteiger charge is -2.33. The molecule has 1 aliphatic carbocycles. The highest BCUT2D eigenvalue weighted by atomic mass is 19.1. The molecule has 7 heteroatoms. The first-order valence-electron chi connectivity index (χ1n) is 15.7. The van der Waals surface area contributed by atoms with Gasteiger partial charge in [0.05, 0.1) is 5.69 Å². The molecule has 1 fully saturated rings. The summed E-state index contributed by atoms with van der Waals surface area (Å²) in [4.78, 5) is 44.7. The van der Waals surface area contributed by atoms with Crippen LogP contribution in [-0.2, 0) is 22.6 Å². The number of carbonyl (C=O) groups is 3. The van der Waals surface area contributed by atoms with E-state index in [-0.39, 0.29) is 42.5 Å². The van der Waals surface area contributed by atoms with Crippen molar-refractivity contribution in [1.29, 1.82) is 0 Å². The lowest BCUT2D eigenvalue weighted by molar-refractivity contribution is -0.141. The second-order valence-electron chi connectivity index (χ2n) is 11.9. The second-order valence-corrected chi connectivity index (χ2v) is 11.9. The Morgan fingerprint density at radius 3 is 2.34 bits per heavy atom. The molecule has 6 nitrogen and oxygen atoms in total. The van der Waals surface area contributed by atoms with Crippen LogP contribution in [0.3, 0.4) is 0 Å². The predicted octanol–water partition coefficient (Wildman–Crippen LogP) is 6.81. The van der Waals surface area contributed by atoms with E-state index in [1.807, 2.05) is 66.7 Å². The highest BCUT2D eigenvalue weighted by molar-refractivity contribution is 6.25. The summed E-state index contributed by atoms with van der Waals surface area (Å²) in [6, 6.07) is 26.8. The van der Waals surface area contributed by atoms with Gasteiger partial charge in [0.1, 0.15) is 11.9 Å². The molecule has 1 N–H and O–H groups in total. The number of nitrogens with one attached hydrogen (secondary N) is 1. The van der Waals surface area contributed by atoms with Crippen molar-refractivity contribution < 1.29 is 18.8 Å². The van der Waals surface area contributed by atoms with Crippen LogP contribution in [0.5, 0.6) is 0 Å². The molecule has 4 aromatic carbocycles. The van der Waals surface area contributed by atoms with Crippen LogP contribution in [0.25, 0.3) is 10.8 Å². The molecule has 1 heterocycles. The third-order valence-corrected chi connectivity index (χ3v) is 8.91. The summed E-state index contributed by atoms with van der Waals surface area (Å²) in [5.74, 6) is -0.737. The smallest absolute Gasteiger partial charge is 0.258 e. The number of anilines is 1. The van der Waals surface area contributed by atoms with Crippen LogP contribution in [0.1, 0.15) is 66.4 Å². The Bertz CT molecular complexity index is 1630. The fourth-order valence-corrected chi connectivity index (χ4v) is 6.62. The molecule has 1 atom stereocenters. The highest BCUT2D eigenvalue weighted by Gasteiger charge is 2.33. The van der Waals surface area contributed by atoms with Crippen LogP contribution < -0.4 is 10.2 Å². The standard InChI is InChI=1S/C37H38FN3O3/c38-29-21-19-27(20-22-29)25-41(33(24-26-10-3-1-4-11-26)36(43)39-30-14-5-2-6-15-30)34(42)18-9-23-40-32-17-8-13-28-12-7-16-31(35(28)32)37(40)44/h1,3-4,7-8,10-13,16-17,19-22,30,33H,2,5-6,9,14-15,18,23-25H2,(H,39,43)/t33-/m1/s1. The minimum Gasteiger partial charge on any atom is -0.352 e. The number of halogens is 1. The van der Waals surface area contributed by atoms with E-state index in [0.29, 0.717) is 24.9 Å². The summed E-state index contributed by atoms with van der Waals surface area (Å²) in [5.41, 5.74) is 3.26. The number of rotatable bonds is 11. The van der Waals surface area contributed by atoms with Gasteiger partial charge in [0.15, 0.2) is 0 Å². The van der Waals surface area contributed by atoms with Gasteiger partial charge in [0.25, 0.3) is 5.91 Å². The third kappa shape index (κ3) is 6.52. The molecular formula is C37H38FN3O3. The average molecular weight is 592 g/mol. The third-order valence-electron chi connectivity index (χ3n) is 8.91. The van der Waals surface area contributed by atoms with Gasteiger partial charge in [-0.1, -0.05) is 86.0 Å². The molecule has 2 aliphatic rings. The van der Waals surface area contributed by atoms with Crippen LogP contribution in [-0.4, -0.2) is 41.2 Å². The van der Waals surface area contributed by atoms with Crippen LogP contribution in [0.4, 0.5) is 10.1 Å². The van der Waals surface area contributed by atoms with Gasteiger partial charge in [-0.3, -0.25) is 14.4 Å². The molecule has 0 aromatic heterocycles. The maximum Gasteiger partial charge on any atom is 0.258 e. The normalized spacial score (nSPS) is 15.4. The van der Waals surface area contributed by atoms with E-state index in [1.54, 1.807) is 21.9 Å². The fraction of sp³-hybridized carbons (Fsp3) is 0.324. The zero-order chi connectivity index (χ0) is 30.5. The number of carbonyl (C=O) groups excluding carboxylic acids is 3. The second kappa shape index (κ2) is 13.4. The molecule has 6 rings (SSSR count). The van der Waals surface area contributed by atoms with Gasteiger partial charge in [-0.05, 0) is 60.0 Å². The number of nitrogens with zero attached hydrogens (tertiary/aromatic N) is 2. The van der Waals surface area contributed by atoms with Crippen molar-refractivity contribution in [2.45, 2.75) is 70.0 Å². The zero-order valence-electron chi connectivity index (χ0n) is 24.9. The molecule has 0 bridgehead atoms. The average Bonchev–Trinajstić information content (AvgIpc) is 3.32. The predicted molar refractivity (Wildman–Crippen MR) is 171 cm³/mol. The van der Waals surface area contributed by atoms with Gasteiger partial charge >= 0.3 is 0 Å². The topological polar surface area (TPSA) is 69.7 Å². The molecule has 1 aliphatic heterocycles. The first-order chi connectivity index (χ1) is 21.5. The Kier molecular flexibility index (Phi) is 9.01. The number of benzene rings is 4. The van der Waals surface area contributed by atoms with Crippen molar-refractivity contribution >= 4 is 34.2 Å². The minimum absolute atomic E-state index is 0.0544. The molecule has 1 saturated carbocycles. The van der Waals surface area contributed by atoms with E-state index in [9.17, 15) is 18.8 Å². The monoisotopic (exact) mass is 591 g/mol. The first-order valence-corrected chi connectivity index (χ1v) is 15.7. The maximum atomic E-state index is 14.1. The van der Waals surface area contributed by atoms with Crippen molar-refractivity contribution in [2.75, 3.05) is 11.4 Å². The van der Waals surface area contributed by atoms with Crippen molar-refractivity contribution in [2.24, 2.45) is 0 Å². The van der Waals surface area contributed by atoms with Crippen molar-refractivity contribution in [3.63, 3.8) is 0 Å². The quantitative estimate of drug-likeness (QED) is 0.208. The molecule has 44 heavy (non-hydrogen) atoms. The summed E-state index contributed by atoms with van der Waals surface area (Å²) in [6.45, 7) is 0.572. The van der Waals surface area contributed by atoms with Crippen molar-refractivity contribution in [1.82, 2.24) is 10.2 Å². The summed E-state index contributed by atoms with van der Waals surface area (Å²) >= 11 is 0. The summed E-state index contributed by atoms with van der Waals surface area (Å²) in [6.07, 6.45) is 6.20. The minimum atomic E-state index is -0.733. The summed E-state index contributed by atoms with van der Waals surface area (Å²) < 4.78 is 13.8. The van der Waals surface area contributed by atoms with Crippen LogP contribution in [0.2, 0.25) is 0 Å². The van der Waals surface area contributed by atoms with Crippen LogP contribution >= 0.6 is 0 Å². The van der Waals surface area contributed by atoms with Gasteiger partial charge in [0.2, 0.25) is 11.8 Å². The van der Waals surface area contributed by atoms with E-state index >= 15 is 0 Å². The van der Waals surface area contributed by atoms with Crippen LogP contribution in [0.15, 0.2) is 91.0 Å². The van der Waals surface area contributed by atoms with Crippen LogP contribution in [0, 0.1) is 5.82 Å². The Morgan fingerprint density at radius 1 is 0.864 bits per heavy atom. The molecule has 4 aromatic rings. The van der Waals surface area contributed by atoms with Gasteiger partial charge < -0.3 is 15.1 Å². The van der Waals surface area contributed by atoms with Gasteiger partial charge in [-0.25, -0.2) is 4.39 Å². The van der Waals surface area contributed by atoms with E-state index in [4.69, 9.17) is 0 Å². The molecule has 3 amide bonds. The first kappa shape index (κ1) is 29.5. The van der Waals surface area contributed by atoms with Gasteiger partial charge in [0, 0.05) is 42.9 Å². The molecule has 226 valence electrons. The van der Waals surface area contributed by atoms with Gasteiger partial charge in [-0.2, -0.15) is 0 Å². The van der Waals surface area contributed by atoms with Crippen molar-refractivity contribution in [3.05, 3.63) is 114 Å². The summed E-state index contributed by atoms with van der Waals surface area (Å²) in [7, 11) is 0. The lowest BCUT2D eigenvalue weighted by atomic mass is 9.94. The highest BCUT2D eigenvalue weighted by Crippen LogP contribution is 2.37. The summed E-state index contributed by atoms with van der Waals surface area (Å²) in [5, 5.41) is 5.22. The molecule has 0 saturated heterocycles. The molecular weight excluding hydrogens is 553 g/mol. The largest absolute Gasteiger partial charge is 0.352 e. The molecule has 0 spiro atoms. The lowest BCUT2D eigenvalue weighted by Crippen LogP contribution is -2.52. The Hall–Kier alpha value is -4.52. The van der Waals surface area contributed by atoms with E-state index < -0.39 is 6.04 Å². The number of amides is 3. The molecule has 0 radical (unpaired) electrons. The Balaban J connectivity index is 1.23. The number of hydrogen-bond donors (Lipinski definition) is 1. The number of hydrogen-bond acceptors (Lipinski definition) is 3. The maximum absolute atomic E-state index is 14.1. The zero-order valence-corrected chi connectivity index (χ0v) is 24.9. The Morgan fingerprint density at radius 2 is 1.59 bits per heavy atom. The van der Waals surface area contributed by atoms with Crippen molar-refractivity contribution in [3.8, 4) is 0 Å². The molecule has 0 unspecified atom stereocenters. The van der Waals surface area contributed by atoms with E-state index in [1.165, 1.54) is 18.6 Å². The van der Waals surface area contributed by atoms with Gasteiger partial charge in [-0.15, -0.1) is 0 Å². The SMILES string of the molecule is O=C(NC1CCCCC1)[C@@H](Cc1ccccc1)N(Cc1ccc(F)cc1)C(=O)CCCN1C(=O)c2cccc3cccc1c23. The Labute approximate surface area is 257 Å². The fourth-order valence-electron chi connectivity index (χ4n) is 6.62. The van der Waals surface area contributed by atoms with E-state index in [0.717, 1.165) is 53.3 Å².